The minimum Gasteiger partial charge on any atom is -0.492 e. The molecular formula is C26H30N2O4S2. The molecule has 6 nitrogen and oxygen atoms in total. The summed E-state index contributed by atoms with van der Waals surface area (Å²) in [5, 5.41) is 2.83. The van der Waals surface area contributed by atoms with Gasteiger partial charge in [0, 0.05) is 22.8 Å². The Kier molecular flexibility index (Phi) is 9.42. The van der Waals surface area contributed by atoms with E-state index in [1.54, 1.807) is 6.07 Å². The van der Waals surface area contributed by atoms with Gasteiger partial charge in [-0.1, -0.05) is 54.2 Å². The lowest BCUT2D eigenvalue weighted by molar-refractivity contribution is -0.121. The number of rotatable bonds is 12. The van der Waals surface area contributed by atoms with Crippen LogP contribution in [0.3, 0.4) is 0 Å². The van der Waals surface area contributed by atoms with E-state index in [1.807, 2.05) is 79.7 Å². The van der Waals surface area contributed by atoms with Crippen molar-refractivity contribution in [3.63, 3.8) is 0 Å². The minimum atomic E-state index is -3.52. The molecule has 0 aromatic heterocycles. The van der Waals surface area contributed by atoms with E-state index in [-0.39, 0.29) is 18.9 Å². The van der Waals surface area contributed by atoms with E-state index >= 15 is 0 Å². The van der Waals surface area contributed by atoms with Crippen LogP contribution >= 0.6 is 11.8 Å². The lowest BCUT2D eigenvalue weighted by Crippen LogP contribution is -2.33. The number of carbonyl (C=O) groups is 1. The molecule has 0 aliphatic heterocycles. The Labute approximate surface area is 206 Å². The summed E-state index contributed by atoms with van der Waals surface area (Å²) in [5.41, 5.74) is 1.73. The van der Waals surface area contributed by atoms with E-state index < -0.39 is 10.0 Å². The zero-order valence-electron chi connectivity index (χ0n) is 19.4. The molecule has 0 aliphatic rings. The molecule has 3 aromatic carbocycles. The molecule has 0 bridgehead atoms. The van der Waals surface area contributed by atoms with E-state index in [1.165, 1.54) is 22.3 Å². The number of anilines is 1. The molecule has 34 heavy (non-hydrogen) atoms. The van der Waals surface area contributed by atoms with E-state index in [2.05, 4.69) is 5.32 Å². The number of para-hydroxylation sites is 1. The SMILES string of the molecule is Cc1cccc(OCCNC(=O)CCCN(c2ccccc2Sc2ccccc2)S(C)(=O)=O)c1. The van der Waals surface area contributed by atoms with Gasteiger partial charge in [0.1, 0.15) is 12.4 Å². The quantitative estimate of drug-likeness (QED) is 0.360. The van der Waals surface area contributed by atoms with Crippen LogP contribution in [-0.2, 0) is 14.8 Å². The zero-order chi connectivity index (χ0) is 24.4. The van der Waals surface area contributed by atoms with Gasteiger partial charge in [0.2, 0.25) is 15.9 Å². The Balaban J connectivity index is 1.53. The fourth-order valence-corrected chi connectivity index (χ4v) is 5.38. The van der Waals surface area contributed by atoms with Crippen LogP contribution in [0.1, 0.15) is 18.4 Å². The molecular weight excluding hydrogens is 468 g/mol. The van der Waals surface area contributed by atoms with Crippen molar-refractivity contribution in [3.05, 3.63) is 84.4 Å². The van der Waals surface area contributed by atoms with Crippen LogP contribution in [0, 0.1) is 6.92 Å². The first kappa shape index (κ1) is 25.6. The van der Waals surface area contributed by atoms with E-state index in [4.69, 9.17) is 4.74 Å². The van der Waals surface area contributed by atoms with Crippen molar-refractivity contribution in [3.8, 4) is 5.75 Å². The molecule has 0 heterocycles. The van der Waals surface area contributed by atoms with Crippen molar-refractivity contribution in [2.75, 3.05) is 30.3 Å². The van der Waals surface area contributed by atoms with Crippen LogP contribution in [0.4, 0.5) is 5.69 Å². The van der Waals surface area contributed by atoms with Crippen molar-refractivity contribution in [2.45, 2.75) is 29.6 Å². The summed E-state index contributed by atoms with van der Waals surface area (Å²) in [7, 11) is -3.52. The number of benzene rings is 3. The highest BCUT2D eigenvalue weighted by molar-refractivity contribution is 7.99. The summed E-state index contributed by atoms with van der Waals surface area (Å²) in [5.74, 6) is 0.637. The van der Waals surface area contributed by atoms with Gasteiger partial charge in [0.05, 0.1) is 18.5 Å². The molecule has 0 aliphatic carbocycles. The number of amides is 1. The van der Waals surface area contributed by atoms with E-state index in [9.17, 15) is 13.2 Å². The van der Waals surface area contributed by atoms with Crippen LogP contribution in [-0.4, -0.2) is 40.3 Å². The Bertz CT molecular complexity index is 1180. The summed E-state index contributed by atoms with van der Waals surface area (Å²) in [4.78, 5) is 14.1. The molecule has 0 radical (unpaired) electrons. The highest BCUT2D eigenvalue weighted by Gasteiger charge is 2.20. The fraction of sp³-hybridized carbons (Fsp3) is 0.269. The number of nitrogens with zero attached hydrogens (tertiary/aromatic N) is 1. The summed E-state index contributed by atoms with van der Waals surface area (Å²) in [6.07, 6.45) is 1.83. The van der Waals surface area contributed by atoms with Gasteiger partial charge in [-0.05, 0) is 55.3 Å². The topological polar surface area (TPSA) is 75.7 Å². The van der Waals surface area contributed by atoms with Gasteiger partial charge >= 0.3 is 0 Å². The van der Waals surface area contributed by atoms with Gasteiger partial charge in [-0.15, -0.1) is 0 Å². The van der Waals surface area contributed by atoms with Crippen LogP contribution in [0.5, 0.6) is 5.75 Å². The average Bonchev–Trinajstić information content (AvgIpc) is 2.80. The van der Waals surface area contributed by atoms with Crippen LogP contribution in [0.2, 0.25) is 0 Å². The third kappa shape index (κ3) is 8.11. The van der Waals surface area contributed by atoms with Gasteiger partial charge in [-0.25, -0.2) is 8.42 Å². The van der Waals surface area contributed by atoms with Crippen LogP contribution < -0.4 is 14.4 Å². The Morgan fingerprint density at radius 1 is 1.00 bits per heavy atom. The first-order chi connectivity index (χ1) is 16.3. The maximum atomic E-state index is 12.6. The molecule has 3 aromatic rings. The maximum absolute atomic E-state index is 12.6. The molecule has 3 rings (SSSR count). The lowest BCUT2D eigenvalue weighted by atomic mass is 10.2. The number of hydrogen-bond acceptors (Lipinski definition) is 5. The van der Waals surface area contributed by atoms with Gasteiger partial charge in [0.25, 0.3) is 0 Å². The number of sulfonamides is 1. The average molecular weight is 499 g/mol. The number of aryl methyl sites for hydroxylation is 1. The summed E-state index contributed by atoms with van der Waals surface area (Å²) < 4.78 is 32.2. The highest BCUT2D eigenvalue weighted by atomic mass is 32.2. The minimum absolute atomic E-state index is 0.131. The molecule has 0 atom stereocenters. The predicted molar refractivity (Wildman–Crippen MR) is 138 cm³/mol. The normalized spacial score (nSPS) is 11.1. The van der Waals surface area contributed by atoms with Gasteiger partial charge in [-0.3, -0.25) is 9.10 Å². The van der Waals surface area contributed by atoms with Gasteiger partial charge in [-0.2, -0.15) is 0 Å². The highest BCUT2D eigenvalue weighted by Crippen LogP contribution is 2.36. The third-order valence-corrected chi connectivity index (χ3v) is 7.21. The Morgan fingerprint density at radius 2 is 1.74 bits per heavy atom. The molecule has 0 spiro atoms. The largest absolute Gasteiger partial charge is 0.492 e. The smallest absolute Gasteiger partial charge is 0.232 e. The van der Waals surface area contributed by atoms with Gasteiger partial charge in [0.15, 0.2) is 0 Å². The van der Waals surface area contributed by atoms with Crippen molar-refractivity contribution in [2.24, 2.45) is 0 Å². The number of carbonyl (C=O) groups excluding carboxylic acids is 1. The standard InChI is InChI=1S/C26H30N2O4S2/c1-21-10-8-11-22(20-21)32-19-17-27-26(29)16-9-18-28(34(2,30)31)24-14-6-7-15-25(24)33-23-12-4-3-5-13-23/h3-8,10-15,20H,9,16-19H2,1-2H3,(H,27,29). The van der Waals surface area contributed by atoms with Crippen LogP contribution in [0.15, 0.2) is 88.7 Å². The first-order valence-electron chi connectivity index (χ1n) is 11.1. The fourth-order valence-electron chi connectivity index (χ4n) is 3.37. The molecule has 0 saturated heterocycles. The number of nitrogens with one attached hydrogen (secondary N) is 1. The third-order valence-electron chi connectivity index (χ3n) is 4.95. The summed E-state index contributed by atoms with van der Waals surface area (Å²) in [6.45, 7) is 2.97. The second kappa shape index (κ2) is 12.5. The van der Waals surface area contributed by atoms with Crippen LogP contribution in [0.25, 0.3) is 0 Å². The Hall–Kier alpha value is -2.97. The molecule has 0 fully saturated rings. The predicted octanol–water partition coefficient (Wildman–Crippen LogP) is 4.89. The van der Waals surface area contributed by atoms with Crippen molar-refractivity contribution < 1.29 is 17.9 Å². The van der Waals surface area contributed by atoms with Gasteiger partial charge < -0.3 is 10.1 Å². The summed E-state index contributed by atoms with van der Waals surface area (Å²) in [6, 6.07) is 25.0. The molecule has 1 amide bonds. The molecule has 180 valence electrons. The second-order valence-corrected chi connectivity index (χ2v) is 10.9. The lowest BCUT2D eigenvalue weighted by Gasteiger charge is -2.24. The van der Waals surface area contributed by atoms with E-state index in [0.717, 1.165) is 21.1 Å². The molecule has 0 saturated carbocycles. The second-order valence-electron chi connectivity index (χ2n) is 7.84. The van der Waals surface area contributed by atoms with Crippen molar-refractivity contribution in [1.29, 1.82) is 0 Å². The molecule has 1 N–H and O–H groups in total. The zero-order valence-corrected chi connectivity index (χ0v) is 21.1. The van der Waals surface area contributed by atoms with Crippen molar-refractivity contribution >= 4 is 33.4 Å². The maximum Gasteiger partial charge on any atom is 0.232 e. The molecule has 0 unspecified atom stereocenters. The number of ether oxygens (including phenoxy) is 1. The Morgan fingerprint density at radius 3 is 2.47 bits per heavy atom. The number of hydrogen-bond donors (Lipinski definition) is 1. The molecule has 8 heteroatoms. The monoisotopic (exact) mass is 498 g/mol. The van der Waals surface area contributed by atoms with E-state index in [0.29, 0.717) is 25.3 Å². The first-order valence-corrected chi connectivity index (χ1v) is 13.8. The van der Waals surface area contributed by atoms with Crippen molar-refractivity contribution in [1.82, 2.24) is 5.32 Å². The summed E-state index contributed by atoms with van der Waals surface area (Å²) >= 11 is 1.51.